The van der Waals surface area contributed by atoms with Gasteiger partial charge in [-0.25, -0.2) is 0 Å². The van der Waals surface area contributed by atoms with Crippen LogP contribution in [0.15, 0.2) is 12.2 Å². The second kappa shape index (κ2) is 7.55. The molecule has 1 rings (SSSR count). The van der Waals surface area contributed by atoms with Crippen LogP contribution in [0, 0.1) is 29.6 Å². The van der Waals surface area contributed by atoms with E-state index >= 15 is 0 Å². The van der Waals surface area contributed by atoms with Crippen LogP contribution in [0.4, 0.5) is 0 Å². The number of allylic oxidation sites excluding steroid dienone is 2. The summed E-state index contributed by atoms with van der Waals surface area (Å²) in [5.41, 5.74) is 0. The van der Waals surface area contributed by atoms with Crippen molar-refractivity contribution in [1.29, 1.82) is 0 Å². The molecule has 1 aliphatic carbocycles. The Labute approximate surface area is 102 Å². The molecule has 0 aliphatic heterocycles. The zero-order chi connectivity index (χ0) is 11.8. The highest BCUT2D eigenvalue weighted by molar-refractivity contribution is 5.06. The Bertz CT molecular complexity index is 261. The second-order valence-corrected chi connectivity index (χ2v) is 5.29. The van der Waals surface area contributed by atoms with Gasteiger partial charge in [-0.05, 0) is 31.1 Å². The van der Waals surface area contributed by atoms with E-state index in [1.165, 1.54) is 32.1 Å². The molecule has 90 valence electrons. The predicted molar refractivity (Wildman–Crippen MR) is 72.1 cm³/mol. The predicted octanol–water partition coefficient (Wildman–Crippen LogP) is 4.81. The third-order valence-electron chi connectivity index (χ3n) is 3.15. The number of unbranched alkanes of at least 4 members (excludes halogenated alkanes) is 2. The molecule has 0 aromatic heterocycles. The van der Waals surface area contributed by atoms with Crippen LogP contribution in [0.25, 0.3) is 0 Å². The van der Waals surface area contributed by atoms with E-state index in [1.807, 2.05) is 0 Å². The van der Waals surface area contributed by atoms with Gasteiger partial charge in [0.1, 0.15) is 0 Å². The molecule has 1 fully saturated rings. The van der Waals surface area contributed by atoms with Gasteiger partial charge < -0.3 is 0 Å². The Morgan fingerprint density at radius 2 is 2.06 bits per heavy atom. The van der Waals surface area contributed by atoms with Crippen LogP contribution >= 0.6 is 0 Å². The van der Waals surface area contributed by atoms with Crippen molar-refractivity contribution in [2.45, 2.75) is 59.3 Å². The lowest BCUT2D eigenvalue weighted by atomic mass is 10.1. The molecule has 0 nitrogen and oxygen atoms in total. The Hall–Kier alpha value is -0.700. The molecule has 0 heteroatoms. The molecule has 2 atom stereocenters. The van der Waals surface area contributed by atoms with Crippen molar-refractivity contribution in [3.63, 3.8) is 0 Å². The smallest absolute Gasteiger partial charge is 0.0146 e. The average molecular weight is 218 g/mol. The van der Waals surface area contributed by atoms with E-state index in [4.69, 9.17) is 0 Å². The summed E-state index contributed by atoms with van der Waals surface area (Å²) in [6, 6.07) is 0. The fourth-order valence-corrected chi connectivity index (χ4v) is 1.95. The Balaban J connectivity index is 2.03. The van der Waals surface area contributed by atoms with Crippen molar-refractivity contribution in [3.8, 4) is 11.8 Å². The minimum absolute atomic E-state index is 0.533. The lowest BCUT2D eigenvalue weighted by Gasteiger charge is -1.92. The minimum atomic E-state index is 0.533. The summed E-state index contributed by atoms with van der Waals surface area (Å²) in [5, 5.41) is 0. The van der Waals surface area contributed by atoms with Crippen molar-refractivity contribution in [3.05, 3.63) is 12.2 Å². The van der Waals surface area contributed by atoms with Gasteiger partial charge in [-0.2, -0.15) is 0 Å². The molecular weight excluding hydrogens is 192 g/mol. The highest BCUT2D eigenvalue weighted by atomic mass is 14.4. The number of hydrogen-bond donors (Lipinski definition) is 0. The maximum atomic E-state index is 3.31. The van der Waals surface area contributed by atoms with Gasteiger partial charge in [-0.3, -0.25) is 0 Å². The molecular formula is C16H26. The molecule has 1 aliphatic rings. The average Bonchev–Trinajstić information content (AvgIpc) is 2.96. The molecule has 0 amide bonds. The summed E-state index contributed by atoms with van der Waals surface area (Å²) in [6.45, 7) is 6.57. The molecule has 1 saturated carbocycles. The minimum Gasteiger partial charge on any atom is -0.103 e. The van der Waals surface area contributed by atoms with Crippen LogP contribution in [-0.4, -0.2) is 0 Å². The number of hydrogen-bond acceptors (Lipinski definition) is 0. The molecule has 16 heavy (non-hydrogen) atoms. The highest BCUT2D eigenvalue weighted by Crippen LogP contribution is 2.43. The zero-order valence-corrected chi connectivity index (χ0v) is 11.1. The van der Waals surface area contributed by atoms with E-state index in [0.717, 1.165) is 18.3 Å². The monoisotopic (exact) mass is 218 g/mol. The maximum absolute atomic E-state index is 3.31. The van der Waals surface area contributed by atoms with Gasteiger partial charge in [0.2, 0.25) is 0 Å². The van der Waals surface area contributed by atoms with Crippen LogP contribution in [0.5, 0.6) is 0 Å². The fraction of sp³-hybridized carbons (Fsp3) is 0.750. The first-order valence-electron chi connectivity index (χ1n) is 6.87. The summed E-state index contributed by atoms with van der Waals surface area (Å²) in [4.78, 5) is 0. The van der Waals surface area contributed by atoms with Crippen LogP contribution in [0.1, 0.15) is 59.3 Å². The summed E-state index contributed by atoms with van der Waals surface area (Å²) in [7, 11) is 0. The quantitative estimate of drug-likeness (QED) is 0.341. The van der Waals surface area contributed by atoms with Gasteiger partial charge in [0.15, 0.2) is 0 Å². The van der Waals surface area contributed by atoms with E-state index < -0.39 is 0 Å². The first-order valence-corrected chi connectivity index (χ1v) is 6.87. The molecule has 0 aromatic carbocycles. The lowest BCUT2D eigenvalue weighted by molar-refractivity contribution is 0.722. The van der Waals surface area contributed by atoms with E-state index in [0.29, 0.717) is 5.92 Å². The second-order valence-electron chi connectivity index (χ2n) is 5.29. The molecule has 0 radical (unpaired) electrons. The van der Waals surface area contributed by atoms with Crippen molar-refractivity contribution < 1.29 is 0 Å². The van der Waals surface area contributed by atoms with Crippen molar-refractivity contribution >= 4 is 0 Å². The fourth-order valence-electron chi connectivity index (χ4n) is 1.95. The van der Waals surface area contributed by atoms with E-state index in [1.54, 1.807) is 0 Å². The van der Waals surface area contributed by atoms with Gasteiger partial charge >= 0.3 is 0 Å². The first kappa shape index (κ1) is 13.4. The largest absolute Gasteiger partial charge is 0.103 e. The Morgan fingerprint density at radius 1 is 1.25 bits per heavy atom. The SMILES string of the molecule is CCCC/C=C\C[C@@H]1C[C@@H]1CC#CC(C)C. The summed E-state index contributed by atoms with van der Waals surface area (Å²) in [5.74, 6) is 8.95. The van der Waals surface area contributed by atoms with Crippen molar-refractivity contribution in [1.82, 2.24) is 0 Å². The topological polar surface area (TPSA) is 0 Å². The van der Waals surface area contributed by atoms with Gasteiger partial charge in [0, 0.05) is 12.3 Å². The van der Waals surface area contributed by atoms with Crippen LogP contribution < -0.4 is 0 Å². The number of rotatable bonds is 6. The molecule has 0 N–H and O–H groups in total. The Morgan fingerprint density at radius 3 is 2.75 bits per heavy atom. The summed E-state index contributed by atoms with van der Waals surface area (Å²) < 4.78 is 0. The molecule has 0 spiro atoms. The van der Waals surface area contributed by atoms with E-state index in [9.17, 15) is 0 Å². The molecule has 0 unspecified atom stereocenters. The van der Waals surface area contributed by atoms with Gasteiger partial charge in [-0.15, -0.1) is 11.8 Å². The first-order chi connectivity index (χ1) is 7.74. The van der Waals surface area contributed by atoms with Crippen LogP contribution in [0.2, 0.25) is 0 Å². The third-order valence-corrected chi connectivity index (χ3v) is 3.15. The van der Waals surface area contributed by atoms with Crippen LogP contribution in [-0.2, 0) is 0 Å². The third kappa shape index (κ3) is 6.01. The van der Waals surface area contributed by atoms with E-state index in [2.05, 4.69) is 44.8 Å². The van der Waals surface area contributed by atoms with Gasteiger partial charge in [-0.1, -0.05) is 45.8 Å². The lowest BCUT2D eigenvalue weighted by Crippen LogP contribution is -1.82. The zero-order valence-electron chi connectivity index (χ0n) is 11.1. The highest BCUT2D eigenvalue weighted by Gasteiger charge is 2.34. The van der Waals surface area contributed by atoms with Crippen molar-refractivity contribution in [2.24, 2.45) is 17.8 Å². The normalized spacial score (nSPS) is 23.5. The summed E-state index contributed by atoms with van der Waals surface area (Å²) in [6.07, 6.45) is 12.5. The van der Waals surface area contributed by atoms with Crippen molar-refractivity contribution in [2.75, 3.05) is 0 Å². The van der Waals surface area contributed by atoms with E-state index in [-0.39, 0.29) is 0 Å². The molecule has 0 aromatic rings. The Kier molecular flexibility index (Phi) is 6.31. The maximum Gasteiger partial charge on any atom is 0.0146 e. The van der Waals surface area contributed by atoms with Gasteiger partial charge in [0.25, 0.3) is 0 Å². The molecule has 0 saturated heterocycles. The standard InChI is InChI=1S/C16H26/c1-4-5-6-7-8-11-15-13-16(15)12-9-10-14(2)3/h7-8,14-16H,4-6,11-13H2,1-3H3/b8-7-/t15-,16+/m1/s1. The molecule has 0 heterocycles. The van der Waals surface area contributed by atoms with Gasteiger partial charge in [0.05, 0.1) is 0 Å². The van der Waals surface area contributed by atoms with Crippen LogP contribution in [0.3, 0.4) is 0 Å². The molecule has 0 bridgehead atoms. The summed E-state index contributed by atoms with van der Waals surface area (Å²) >= 11 is 0.